The van der Waals surface area contributed by atoms with Crippen LogP contribution in [0.15, 0.2) is 17.5 Å². The maximum absolute atomic E-state index is 11.9. The van der Waals surface area contributed by atoms with Crippen molar-refractivity contribution in [1.82, 2.24) is 20.3 Å². The molecule has 2 aromatic rings. The minimum absolute atomic E-state index is 0.0824. The molecular weight excluding hydrogens is 294 g/mol. The van der Waals surface area contributed by atoms with E-state index in [2.05, 4.69) is 15.6 Å². The van der Waals surface area contributed by atoms with Gasteiger partial charge in [-0.1, -0.05) is 11.3 Å². The second kappa shape index (κ2) is 6.95. The number of nitrogens with one attached hydrogen (secondary N) is 1. The predicted molar refractivity (Wildman–Crippen MR) is 75.9 cm³/mol. The van der Waals surface area contributed by atoms with E-state index in [0.717, 1.165) is 4.88 Å². The van der Waals surface area contributed by atoms with Crippen LogP contribution in [0.2, 0.25) is 0 Å². The molecule has 8 nitrogen and oxygen atoms in total. The molecule has 9 heteroatoms. The summed E-state index contributed by atoms with van der Waals surface area (Å²) < 4.78 is 1.28. The van der Waals surface area contributed by atoms with Gasteiger partial charge in [-0.15, -0.1) is 16.4 Å². The van der Waals surface area contributed by atoms with Gasteiger partial charge in [-0.25, -0.2) is 9.48 Å². The van der Waals surface area contributed by atoms with Crippen LogP contribution in [0.25, 0.3) is 0 Å². The van der Waals surface area contributed by atoms with Gasteiger partial charge in [0.15, 0.2) is 5.69 Å². The Kier molecular flexibility index (Phi) is 5.01. The highest BCUT2D eigenvalue weighted by molar-refractivity contribution is 7.09. The lowest BCUT2D eigenvalue weighted by atomic mass is 10.2. The number of carbonyl (C=O) groups is 2. The molecule has 0 aromatic carbocycles. The molecular formula is C12H15N5O3S. The number of nitrogens with two attached hydrogens (primary N) is 1. The van der Waals surface area contributed by atoms with Gasteiger partial charge in [-0.05, 0) is 18.0 Å². The molecule has 0 spiro atoms. The molecule has 0 aliphatic rings. The molecule has 0 unspecified atom stereocenters. The molecule has 21 heavy (non-hydrogen) atoms. The summed E-state index contributed by atoms with van der Waals surface area (Å²) in [6.45, 7) is 0.606. The van der Waals surface area contributed by atoms with Crippen molar-refractivity contribution in [3.05, 3.63) is 33.8 Å². The van der Waals surface area contributed by atoms with Crippen molar-refractivity contribution in [3.63, 3.8) is 0 Å². The highest BCUT2D eigenvalue weighted by Gasteiger charge is 2.19. The molecule has 0 saturated heterocycles. The Labute approximate surface area is 124 Å². The first-order valence-electron chi connectivity index (χ1n) is 6.26. The number of carbonyl (C=O) groups excluding carboxylic acids is 1. The van der Waals surface area contributed by atoms with Crippen LogP contribution in [0.4, 0.5) is 0 Å². The second-order valence-corrected chi connectivity index (χ2v) is 5.27. The fourth-order valence-electron chi connectivity index (χ4n) is 1.80. The molecule has 0 bridgehead atoms. The van der Waals surface area contributed by atoms with Crippen LogP contribution >= 0.6 is 11.3 Å². The van der Waals surface area contributed by atoms with Crippen LogP contribution in [-0.4, -0.2) is 38.5 Å². The Morgan fingerprint density at radius 3 is 2.90 bits per heavy atom. The molecule has 0 fully saturated rings. The number of aromatic nitrogens is 3. The van der Waals surface area contributed by atoms with E-state index in [-0.39, 0.29) is 24.7 Å². The van der Waals surface area contributed by atoms with Crippen molar-refractivity contribution in [2.24, 2.45) is 5.73 Å². The van der Waals surface area contributed by atoms with Gasteiger partial charge >= 0.3 is 5.97 Å². The quantitative estimate of drug-likeness (QED) is 0.654. The largest absolute Gasteiger partial charge is 0.476 e. The molecule has 0 atom stereocenters. The van der Waals surface area contributed by atoms with Gasteiger partial charge in [-0.2, -0.15) is 0 Å². The van der Waals surface area contributed by atoms with Gasteiger partial charge in [0, 0.05) is 11.3 Å². The first kappa shape index (κ1) is 15.1. The van der Waals surface area contributed by atoms with E-state index in [1.807, 2.05) is 17.5 Å². The van der Waals surface area contributed by atoms with Crippen LogP contribution in [0.5, 0.6) is 0 Å². The zero-order chi connectivity index (χ0) is 15.2. The van der Waals surface area contributed by atoms with Crippen LogP contribution in [0.3, 0.4) is 0 Å². The standard InChI is InChI=1S/C12H15N5O3S/c13-4-3-9-11(12(19)20)15-16-17(9)7-10(18)14-6-8-2-1-5-21-8/h1-2,5H,3-4,6-7,13H2,(H,14,18)(H,19,20). The van der Waals surface area contributed by atoms with E-state index >= 15 is 0 Å². The van der Waals surface area contributed by atoms with Crippen LogP contribution in [0.1, 0.15) is 21.1 Å². The molecule has 0 aliphatic heterocycles. The molecule has 0 saturated carbocycles. The smallest absolute Gasteiger partial charge is 0.358 e. The molecule has 4 N–H and O–H groups in total. The third-order valence-electron chi connectivity index (χ3n) is 2.75. The molecule has 112 valence electrons. The summed E-state index contributed by atoms with van der Waals surface area (Å²) in [6.07, 6.45) is 0.298. The summed E-state index contributed by atoms with van der Waals surface area (Å²) in [5.41, 5.74) is 5.65. The van der Waals surface area contributed by atoms with Gasteiger partial charge in [0.05, 0.1) is 12.2 Å². The Balaban J connectivity index is 2.01. The Morgan fingerprint density at radius 2 is 2.29 bits per heavy atom. The number of carboxylic acids is 1. The number of thiophene rings is 1. The summed E-state index contributed by atoms with van der Waals surface area (Å²) in [4.78, 5) is 23.9. The van der Waals surface area contributed by atoms with Crippen molar-refractivity contribution in [3.8, 4) is 0 Å². The fraction of sp³-hybridized carbons (Fsp3) is 0.333. The number of nitrogens with zero attached hydrogens (tertiary/aromatic N) is 3. The van der Waals surface area contributed by atoms with Crippen molar-refractivity contribution >= 4 is 23.2 Å². The second-order valence-electron chi connectivity index (χ2n) is 4.24. The highest BCUT2D eigenvalue weighted by atomic mass is 32.1. The highest BCUT2D eigenvalue weighted by Crippen LogP contribution is 2.08. The number of hydrogen-bond donors (Lipinski definition) is 3. The van der Waals surface area contributed by atoms with Crippen molar-refractivity contribution in [2.75, 3.05) is 6.54 Å². The van der Waals surface area contributed by atoms with Crippen molar-refractivity contribution < 1.29 is 14.7 Å². The van der Waals surface area contributed by atoms with E-state index in [4.69, 9.17) is 10.8 Å². The SMILES string of the molecule is NCCc1c(C(=O)O)nnn1CC(=O)NCc1cccs1. The van der Waals surface area contributed by atoms with Gasteiger partial charge in [-0.3, -0.25) is 4.79 Å². The zero-order valence-electron chi connectivity index (χ0n) is 11.2. The van der Waals surface area contributed by atoms with E-state index in [1.165, 1.54) is 4.68 Å². The fourth-order valence-corrected chi connectivity index (χ4v) is 2.45. The van der Waals surface area contributed by atoms with Crippen LogP contribution in [-0.2, 0) is 24.3 Å². The Morgan fingerprint density at radius 1 is 1.48 bits per heavy atom. The summed E-state index contributed by atoms with van der Waals surface area (Å²) in [6, 6.07) is 3.82. The minimum Gasteiger partial charge on any atom is -0.476 e. The van der Waals surface area contributed by atoms with E-state index in [1.54, 1.807) is 11.3 Å². The lowest BCUT2D eigenvalue weighted by Crippen LogP contribution is -2.28. The van der Waals surface area contributed by atoms with E-state index in [0.29, 0.717) is 18.7 Å². The lowest BCUT2D eigenvalue weighted by molar-refractivity contribution is -0.122. The summed E-state index contributed by atoms with van der Waals surface area (Å²) in [5.74, 6) is -1.44. The van der Waals surface area contributed by atoms with Crippen molar-refractivity contribution in [1.29, 1.82) is 0 Å². The summed E-state index contributed by atoms with van der Waals surface area (Å²) >= 11 is 1.55. The molecule has 0 aliphatic carbocycles. The average molecular weight is 309 g/mol. The number of amides is 1. The maximum Gasteiger partial charge on any atom is 0.358 e. The lowest BCUT2D eigenvalue weighted by Gasteiger charge is -2.07. The molecule has 2 rings (SSSR count). The molecule has 2 aromatic heterocycles. The Hall–Kier alpha value is -2.26. The third-order valence-corrected chi connectivity index (χ3v) is 3.63. The number of rotatable bonds is 7. The summed E-state index contributed by atoms with van der Waals surface area (Å²) in [7, 11) is 0. The maximum atomic E-state index is 11.9. The van der Waals surface area contributed by atoms with Gasteiger partial charge in [0.2, 0.25) is 5.91 Å². The molecule has 0 radical (unpaired) electrons. The molecule has 2 heterocycles. The number of aromatic carboxylic acids is 1. The molecule has 1 amide bonds. The number of hydrogen-bond acceptors (Lipinski definition) is 6. The van der Waals surface area contributed by atoms with E-state index < -0.39 is 5.97 Å². The zero-order valence-corrected chi connectivity index (χ0v) is 12.0. The minimum atomic E-state index is -1.18. The first-order chi connectivity index (χ1) is 10.1. The third kappa shape index (κ3) is 3.86. The normalized spacial score (nSPS) is 10.5. The predicted octanol–water partition coefficient (Wildman–Crippen LogP) is -0.145. The van der Waals surface area contributed by atoms with Crippen molar-refractivity contribution in [2.45, 2.75) is 19.5 Å². The topological polar surface area (TPSA) is 123 Å². The van der Waals surface area contributed by atoms with Gasteiger partial charge in [0.25, 0.3) is 0 Å². The monoisotopic (exact) mass is 309 g/mol. The summed E-state index contributed by atoms with van der Waals surface area (Å²) in [5, 5.41) is 21.0. The average Bonchev–Trinajstić information content (AvgIpc) is 3.07. The van der Waals surface area contributed by atoms with Crippen LogP contribution < -0.4 is 11.1 Å². The van der Waals surface area contributed by atoms with E-state index in [9.17, 15) is 9.59 Å². The van der Waals surface area contributed by atoms with Gasteiger partial charge in [0.1, 0.15) is 6.54 Å². The van der Waals surface area contributed by atoms with Crippen LogP contribution in [0, 0.1) is 0 Å². The number of carboxylic acid groups (broad SMARTS) is 1. The Bertz CT molecular complexity index is 623. The first-order valence-corrected chi connectivity index (χ1v) is 7.14. The van der Waals surface area contributed by atoms with Gasteiger partial charge < -0.3 is 16.2 Å².